The van der Waals surface area contributed by atoms with E-state index in [2.05, 4.69) is 5.32 Å². The van der Waals surface area contributed by atoms with Crippen LogP contribution in [0.1, 0.15) is 25.0 Å². The van der Waals surface area contributed by atoms with Crippen LogP contribution in [-0.2, 0) is 16.6 Å². The van der Waals surface area contributed by atoms with Crippen molar-refractivity contribution in [2.75, 3.05) is 4.31 Å². The van der Waals surface area contributed by atoms with E-state index in [9.17, 15) is 18.3 Å². The lowest BCUT2D eigenvalue weighted by Gasteiger charge is -2.23. The maximum atomic E-state index is 13.0. The lowest BCUT2D eigenvalue weighted by Crippen LogP contribution is -2.37. The van der Waals surface area contributed by atoms with Gasteiger partial charge in [-0.1, -0.05) is 50.2 Å². The van der Waals surface area contributed by atoms with E-state index in [-0.39, 0.29) is 16.6 Å². The number of nitrogens with one attached hydrogen (secondary N) is 1. The van der Waals surface area contributed by atoms with Crippen molar-refractivity contribution in [1.82, 2.24) is 5.32 Å². The Labute approximate surface area is 148 Å². The maximum Gasteiger partial charge on any atom is 0.426 e. The molecular weight excluding hydrogens is 340 g/mol. The van der Waals surface area contributed by atoms with Gasteiger partial charge in [0.15, 0.2) is 0 Å². The summed E-state index contributed by atoms with van der Waals surface area (Å²) >= 11 is 0. The van der Waals surface area contributed by atoms with Crippen molar-refractivity contribution in [3.63, 3.8) is 0 Å². The quantitative estimate of drug-likeness (QED) is 0.823. The van der Waals surface area contributed by atoms with Crippen LogP contribution in [0.3, 0.4) is 0 Å². The predicted molar refractivity (Wildman–Crippen MR) is 97.3 cm³/mol. The maximum absolute atomic E-state index is 13.0. The molecule has 2 rings (SSSR count). The third-order valence-electron chi connectivity index (χ3n) is 3.70. The van der Waals surface area contributed by atoms with Crippen molar-refractivity contribution in [2.45, 2.75) is 38.3 Å². The molecule has 6 nitrogen and oxygen atoms in total. The van der Waals surface area contributed by atoms with E-state index >= 15 is 0 Å². The molecule has 25 heavy (non-hydrogen) atoms. The van der Waals surface area contributed by atoms with Gasteiger partial charge in [0.05, 0.1) is 10.6 Å². The zero-order valence-electron chi connectivity index (χ0n) is 14.4. The molecule has 7 heteroatoms. The van der Waals surface area contributed by atoms with Gasteiger partial charge in [0.25, 0.3) is 10.0 Å². The van der Waals surface area contributed by atoms with Crippen LogP contribution in [0.4, 0.5) is 10.5 Å². The molecule has 0 heterocycles. The molecule has 2 aromatic rings. The normalized spacial score (nSPS) is 11.5. The first-order valence-electron chi connectivity index (χ1n) is 7.90. The first kappa shape index (κ1) is 19.0. The lowest BCUT2D eigenvalue weighted by molar-refractivity contribution is 0.206. The van der Waals surface area contributed by atoms with E-state index in [1.165, 1.54) is 12.1 Å². The summed E-state index contributed by atoms with van der Waals surface area (Å²) in [6.07, 6.45) is -1.54. The number of rotatable bonds is 6. The Kier molecular flexibility index (Phi) is 5.81. The van der Waals surface area contributed by atoms with E-state index in [4.69, 9.17) is 0 Å². The fraction of sp³-hybridized carbons (Fsp3) is 0.278. The second kappa shape index (κ2) is 7.67. The van der Waals surface area contributed by atoms with Crippen LogP contribution >= 0.6 is 0 Å². The Morgan fingerprint density at radius 3 is 2.32 bits per heavy atom. The third-order valence-corrected chi connectivity index (χ3v) is 5.54. The van der Waals surface area contributed by atoms with Gasteiger partial charge in [-0.3, -0.25) is 0 Å². The van der Waals surface area contributed by atoms with Crippen LogP contribution in [0.5, 0.6) is 0 Å². The van der Waals surface area contributed by atoms with Crippen LogP contribution in [0.15, 0.2) is 53.4 Å². The number of anilines is 1. The Morgan fingerprint density at radius 1 is 1.12 bits per heavy atom. The molecule has 0 aromatic heterocycles. The molecular formula is C18H22N2O4S. The first-order chi connectivity index (χ1) is 11.7. The summed E-state index contributed by atoms with van der Waals surface area (Å²) < 4.78 is 26.5. The standard InChI is InChI=1S/C18H22N2O4S/c1-13(2)19-12-15-9-5-6-10-16(15)20(18(21)22)25(23,24)17-11-7-4-8-14(17)3/h4-11,13,19H,12H2,1-3H3,(H,21,22). The number of carbonyl (C=O) groups is 1. The van der Waals surface area contributed by atoms with Crippen LogP contribution in [0, 0.1) is 6.92 Å². The van der Waals surface area contributed by atoms with Crippen molar-refractivity contribution in [3.8, 4) is 0 Å². The highest BCUT2D eigenvalue weighted by atomic mass is 32.2. The van der Waals surface area contributed by atoms with Gasteiger partial charge < -0.3 is 10.4 Å². The summed E-state index contributed by atoms with van der Waals surface area (Å²) in [4.78, 5) is 11.8. The number of amides is 1. The number of carboxylic acid groups (broad SMARTS) is 1. The molecule has 0 atom stereocenters. The van der Waals surface area contributed by atoms with Crippen molar-refractivity contribution >= 4 is 21.8 Å². The van der Waals surface area contributed by atoms with E-state index < -0.39 is 16.1 Å². The van der Waals surface area contributed by atoms with Gasteiger partial charge in [0, 0.05) is 12.6 Å². The molecule has 0 fully saturated rings. The molecule has 134 valence electrons. The molecule has 0 bridgehead atoms. The second-order valence-corrected chi connectivity index (χ2v) is 7.74. The Balaban J connectivity index is 2.57. The van der Waals surface area contributed by atoms with Gasteiger partial charge in [-0.15, -0.1) is 0 Å². The number of nitrogens with zero attached hydrogens (tertiary/aromatic N) is 1. The van der Waals surface area contributed by atoms with Crippen molar-refractivity contribution < 1.29 is 18.3 Å². The van der Waals surface area contributed by atoms with Crippen molar-refractivity contribution in [1.29, 1.82) is 0 Å². The molecule has 0 aliphatic heterocycles. The van der Waals surface area contributed by atoms with Crippen LogP contribution in [0.25, 0.3) is 0 Å². The topological polar surface area (TPSA) is 86.7 Å². The number of hydrogen-bond acceptors (Lipinski definition) is 4. The first-order valence-corrected chi connectivity index (χ1v) is 9.34. The van der Waals surface area contributed by atoms with Gasteiger partial charge >= 0.3 is 6.09 Å². The Hall–Kier alpha value is -2.38. The van der Waals surface area contributed by atoms with Crippen LogP contribution in [0.2, 0.25) is 0 Å². The lowest BCUT2D eigenvalue weighted by atomic mass is 10.1. The van der Waals surface area contributed by atoms with E-state index in [0.29, 0.717) is 22.0 Å². The van der Waals surface area contributed by atoms with Crippen molar-refractivity contribution in [3.05, 3.63) is 59.7 Å². The fourth-order valence-electron chi connectivity index (χ4n) is 2.45. The average molecular weight is 362 g/mol. The Morgan fingerprint density at radius 2 is 1.72 bits per heavy atom. The second-order valence-electron chi connectivity index (χ2n) is 5.98. The highest BCUT2D eigenvalue weighted by molar-refractivity contribution is 7.93. The number of hydrogen-bond donors (Lipinski definition) is 2. The Bertz CT molecular complexity index is 863. The van der Waals surface area contributed by atoms with Gasteiger partial charge in [0.2, 0.25) is 0 Å². The molecule has 0 spiro atoms. The van der Waals surface area contributed by atoms with Crippen molar-refractivity contribution in [2.24, 2.45) is 0 Å². The minimum atomic E-state index is -4.24. The smallest absolute Gasteiger partial charge is 0.426 e. The summed E-state index contributed by atoms with van der Waals surface area (Å²) in [5.74, 6) is 0. The van der Waals surface area contributed by atoms with Crippen LogP contribution in [-0.4, -0.2) is 25.7 Å². The fourth-order valence-corrected chi connectivity index (χ4v) is 4.02. The summed E-state index contributed by atoms with van der Waals surface area (Å²) in [7, 11) is -4.24. The zero-order valence-corrected chi connectivity index (χ0v) is 15.2. The predicted octanol–water partition coefficient (Wildman–Crippen LogP) is 3.37. The number of aryl methyl sites for hydroxylation is 1. The summed E-state index contributed by atoms with van der Waals surface area (Å²) in [5, 5.41) is 12.8. The summed E-state index contributed by atoms with van der Waals surface area (Å²) in [6, 6.07) is 13.1. The minimum absolute atomic E-state index is 0.0241. The molecule has 0 aliphatic rings. The monoisotopic (exact) mass is 362 g/mol. The molecule has 0 aliphatic carbocycles. The molecule has 0 saturated heterocycles. The minimum Gasteiger partial charge on any atom is -0.464 e. The molecule has 2 N–H and O–H groups in total. The highest BCUT2D eigenvalue weighted by Gasteiger charge is 2.33. The average Bonchev–Trinajstić information content (AvgIpc) is 2.53. The molecule has 1 amide bonds. The number of para-hydroxylation sites is 1. The molecule has 0 radical (unpaired) electrons. The van der Waals surface area contributed by atoms with Gasteiger partial charge in [-0.25, -0.2) is 13.2 Å². The molecule has 0 saturated carbocycles. The van der Waals surface area contributed by atoms with Gasteiger partial charge in [-0.2, -0.15) is 4.31 Å². The van der Waals surface area contributed by atoms with Gasteiger partial charge in [-0.05, 0) is 30.2 Å². The third kappa shape index (κ3) is 4.18. The van der Waals surface area contributed by atoms with Crippen LogP contribution < -0.4 is 9.62 Å². The van der Waals surface area contributed by atoms with Gasteiger partial charge in [0.1, 0.15) is 0 Å². The molecule has 2 aromatic carbocycles. The largest absolute Gasteiger partial charge is 0.464 e. The number of sulfonamides is 1. The summed E-state index contributed by atoms with van der Waals surface area (Å²) in [5.41, 5.74) is 1.22. The van der Waals surface area contributed by atoms with E-state index in [1.807, 2.05) is 13.8 Å². The van der Waals surface area contributed by atoms with E-state index in [0.717, 1.165) is 0 Å². The SMILES string of the molecule is Cc1ccccc1S(=O)(=O)N(C(=O)O)c1ccccc1CNC(C)C. The van der Waals surface area contributed by atoms with E-state index in [1.54, 1.807) is 43.3 Å². The highest BCUT2D eigenvalue weighted by Crippen LogP contribution is 2.28. The number of benzene rings is 2. The molecule has 0 unspecified atom stereocenters. The summed E-state index contributed by atoms with van der Waals surface area (Å²) in [6.45, 7) is 5.92. The zero-order chi connectivity index (χ0) is 18.6.